The van der Waals surface area contributed by atoms with Gasteiger partial charge in [-0.3, -0.25) is 27.3 Å². The van der Waals surface area contributed by atoms with Crippen molar-refractivity contribution < 1.29 is 107 Å². The fourth-order valence-corrected chi connectivity index (χ4v) is 6.36. The van der Waals surface area contributed by atoms with Crippen molar-refractivity contribution in [3.63, 3.8) is 0 Å². The zero-order chi connectivity index (χ0) is 30.8. The van der Waals surface area contributed by atoms with Crippen LogP contribution in [0.4, 0.5) is 17.8 Å². The fraction of sp³-hybridized carbons (Fsp3) is 0.667. The predicted molar refractivity (Wildman–Crippen MR) is 126 cm³/mol. The van der Waals surface area contributed by atoms with E-state index in [-0.39, 0.29) is 44.3 Å². The van der Waals surface area contributed by atoms with Gasteiger partial charge in [0.1, 0.15) is 35.3 Å². The number of rotatable bonds is 15. The van der Waals surface area contributed by atoms with Crippen molar-refractivity contribution in [2.45, 2.75) is 0 Å². The van der Waals surface area contributed by atoms with E-state index in [2.05, 4.69) is 15.0 Å². The van der Waals surface area contributed by atoms with Gasteiger partial charge in [-0.15, -0.1) is 0 Å². The van der Waals surface area contributed by atoms with Gasteiger partial charge in [0.2, 0.25) is 17.8 Å². The smallest absolute Gasteiger partial charge is 0.307 e. The number of anilines is 3. The van der Waals surface area contributed by atoms with E-state index in [0.717, 1.165) is 0 Å². The van der Waals surface area contributed by atoms with Gasteiger partial charge >= 0.3 is 29.6 Å². The van der Waals surface area contributed by atoms with Crippen LogP contribution in [0.1, 0.15) is 0 Å². The Morgan fingerprint density at radius 2 is 0.500 bits per heavy atom. The van der Waals surface area contributed by atoms with E-state index in [4.69, 9.17) is 27.3 Å². The molecule has 1 heterocycles. The Morgan fingerprint density at radius 3 is 0.600 bits per heavy atom. The molecule has 0 bridgehead atoms. The molecule has 0 radical (unpaired) electrons. The van der Waals surface area contributed by atoms with Crippen LogP contribution in [0.5, 0.6) is 0 Å². The van der Waals surface area contributed by atoms with Crippen LogP contribution in [0.3, 0.4) is 0 Å². The van der Waals surface area contributed by atoms with Gasteiger partial charge in [-0.25, -0.2) is 0 Å². The SMILES string of the molecule is O=S(=O)(O)CN(CS(=O)(=O)O)c1nc(N(CS(=O)(=O)O)CS(=O)(=O)O)nc(N(CS(=O)(=O)O)CS(=O)(=O)O)n1.[Na+]. The molecule has 0 unspecified atom stereocenters. The summed E-state index contributed by atoms with van der Waals surface area (Å²) in [6.07, 6.45) is 0. The molecule has 0 aliphatic carbocycles. The Hall–Kier alpha value is -1.13. The van der Waals surface area contributed by atoms with Gasteiger partial charge in [-0.2, -0.15) is 65.5 Å². The third-order valence-electron chi connectivity index (χ3n) is 3.36. The molecular formula is C9H18N6NaO18S6+. The van der Waals surface area contributed by atoms with E-state index in [1.807, 2.05) is 0 Å². The molecular weight excluding hydrogens is 696 g/mol. The predicted octanol–water partition coefficient (Wildman–Crippen LogP) is -7.63. The second-order valence-corrected chi connectivity index (χ2v) is 15.7. The Morgan fingerprint density at radius 1 is 0.375 bits per heavy atom. The Kier molecular flexibility index (Phi) is 13.1. The molecule has 0 saturated carbocycles. The molecule has 228 valence electrons. The topological polar surface area (TPSA) is 375 Å². The average molecular weight is 714 g/mol. The van der Waals surface area contributed by atoms with Gasteiger partial charge in [0.05, 0.1) is 0 Å². The van der Waals surface area contributed by atoms with Crippen LogP contribution in [0.2, 0.25) is 0 Å². The van der Waals surface area contributed by atoms with Gasteiger partial charge in [0, 0.05) is 0 Å². The third-order valence-corrected chi connectivity index (χ3v) is 7.19. The van der Waals surface area contributed by atoms with E-state index in [0.29, 0.717) is 0 Å². The zero-order valence-corrected chi connectivity index (χ0v) is 26.4. The van der Waals surface area contributed by atoms with Crippen molar-refractivity contribution in [3.8, 4) is 0 Å². The molecule has 0 saturated heterocycles. The molecule has 31 heteroatoms. The summed E-state index contributed by atoms with van der Waals surface area (Å²) in [6.45, 7) is 0. The maximum Gasteiger partial charge on any atom is 1.00 e. The van der Waals surface area contributed by atoms with Crippen molar-refractivity contribution in [1.29, 1.82) is 0 Å². The summed E-state index contributed by atoms with van der Waals surface area (Å²) < 4.78 is 191. The summed E-state index contributed by atoms with van der Waals surface area (Å²) in [5.74, 6) is -15.0. The maximum absolute atomic E-state index is 11.4. The maximum atomic E-state index is 11.4. The van der Waals surface area contributed by atoms with E-state index in [1.165, 1.54) is 0 Å². The van der Waals surface area contributed by atoms with Crippen LogP contribution in [-0.4, -0.2) is 128 Å². The van der Waals surface area contributed by atoms with Crippen molar-refractivity contribution in [2.24, 2.45) is 0 Å². The van der Waals surface area contributed by atoms with Crippen LogP contribution in [0.15, 0.2) is 0 Å². The van der Waals surface area contributed by atoms with E-state index < -0.39 is 114 Å². The van der Waals surface area contributed by atoms with Crippen molar-refractivity contribution in [1.82, 2.24) is 15.0 Å². The molecule has 1 rings (SSSR count). The second-order valence-electron chi connectivity index (χ2n) is 7.12. The van der Waals surface area contributed by atoms with Crippen LogP contribution >= 0.6 is 0 Å². The van der Waals surface area contributed by atoms with Crippen molar-refractivity contribution in [3.05, 3.63) is 0 Å². The molecule has 0 atom stereocenters. The number of hydrogen-bond donors (Lipinski definition) is 6. The van der Waals surface area contributed by atoms with Gasteiger partial charge in [-0.1, -0.05) is 0 Å². The van der Waals surface area contributed by atoms with E-state index >= 15 is 0 Å². The first-order valence-electron chi connectivity index (χ1n) is 8.74. The Labute approximate surface area is 249 Å². The molecule has 0 aromatic carbocycles. The molecule has 40 heavy (non-hydrogen) atoms. The van der Waals surface area contributed by atoms with Crippen LogP contribution in [-0.2, 0) is 60.7 Å². The summed E-state index contributed by atoms with van der Waals surface area (Å²) in [4.78, 5) is 9.59. The van der Waals surface area contributed by atoms with Crippen molar-refractivity contribution in [2.75, 3.05) is 50.0 Å². The first-order chi connectivity index (χ1) is 17.0. The molecule has 0 amide bonds. The molecule has 0 aliphatic heterocycles. The van der Waals surface area contributed by atoms with Gasteiger partial charge in [-0.05, 0) is 0 Å². The molecule has 1 aromatic heterocycles. The standard InChI is InChI=1S/C9H18N6O18S6.Na/c16-34(17,18)1-13(2-35(19,20)21)7-10-8(14(3-36(22,23)24)4-37(25,26)27)12-9(11-7)15(5-38(28,29)30)6-39(31,32)33;/h1-6H2,(H,16,17,18)(H,19,20,21)(H,22,23,24)(H,25,26,27)(H,28,29,30)(H,31,32,33);/q;+1. The summed E-state index contributed by atoms with van der Waals surface area (Å²) in [7, 11) is -31.5. The number of nitrogens with zero attached hydrogens (tertiary/aromatic N) is 6. The minimum absolute atomic E-state index is 0. The fourth-order valence-electron chi connectivity index (χ4n) is 2.41. The molecule has 1 aromatic rings. The monoisotopic (exact) mass is 713 g/mol. The molecule has 24 nitrogen and oxygen atoms in total. The zero-order valence-electron chi connectivity index (χ0n) is 19.5. The van der Waals surface area contributed by atoms with E-state index in [9.17, 15) is 50.5 Å². The minimum Gasteiger partial charge on any atom is -0.307 e. The van der Waals surface area contributed by atoms with Gasteiger partial charge < -0.3 is 14.7 Å². The van der Waals surface area contributed by atoms with Gasteiger partial charge in [0.25, 0.3) is 60.7 Å². The second kappa shape index (κ2) is 13.4. The molecule has 0 spiro atoms. The molecule has 0 fully saturated rings. The quantitative estimate of drug-likeness (QED) is 0.0725. The number of hydrogen-bond acceptors (Lipinski definition) is 18. The van der Waals surface area contributed by atoms with E-state index in [1.54, 1.807) is 0 Å². The Bertz CT molecular complexity index is 1410. The normalized spacial score (nSPS) is 13.3. The first kappa shape index (κ1) is 38.9. The minimum atomic E-state index is -5.25. The summed E-state index contributed by atoms with van der Waals surface area (Å²) in [5.41, 5.74) is 0. The van der Waals surface area contributed by atoms with Crippen molar-refractivity contribution >= 4 is 78.6 Å². The average Bonchev–Trinajstić information content (AvgIpc) is 2.59. The Balaban J connectivity index is 0.0000152. The van der Waals surface area contributed by atoms with Crippen LogP contribution in [0, 0.1) is 0 Å². The third kappa shape index (κ3) is 17.0. The molecule has 0 aliphatic rings. The molecule has 6 N–H and O–H groups in total. The summed E-state index contributed by atoms with van der Waals surface area (Å²) in [6, 6.07) is 0. The summed E-state index contributed by atoms with van der Waals surface area (Å²) >= 11 is 0. The van der Waals surface area contributed by atoms with Gasteiger partial charge in [0.15, 0.2) is 0 Å². The summed E-state index contributed by atoms with van der Waals surface area (Å²) in [5, 5.41) is 0. The number of aromatic nitrogens is 3. The van der Waals surface area contributed by atoms with Crippen LogP contribution < -0.4 is 44.3 Å². The van der Waals surface area contributed by atoms with Crippen LogP contribution in [0.25, 0.3) is 0 Å². The first-order valence-corrected chi connectivity index (χ1v) is 18.4. The largest absolute Gasteiger partial charge is 1.00 e.